The highest BCUT2D eigenvalue weighted by Gasteiger charge is 2.39. The van der Waals surface area contributed by atoms with Gasteiger partial charge < -0.3 is 11.1 Å². The maximum absolute atomic E-state index is 13.8. The summed E-state index contributed by atoms with van der Waals surface area (Å²) >= 11 is 0. The quantitative estimate of drug-likeness (QED) is 0.496. The number of hydrogen-bond donors (Lipinski definition) is 2. The van der Waals surface area contributed by atoms with Crippen molar-refractivity contribution in [2.75, 3.05) is 0 Å². The predicted octanol–water partition coefficient (Wildman–Crippen LogP) is 3.03. The molecule has 0 unspecified atom stereocenters. The Kier molecular flexibility index (Phi) is 6.51. The van der Waals surface area contributed by atoms with Crippen molar-refractivity contribution in [3.8, 4) is 0 Å². The molecule has 9 nitrogen and oxygen atoms in total. The molecule has 0 radical (unpaired) electrons. The zero-order chi connectivity index (χ0) is 24.5. The first-order chi connectivity index (χ1) is 16.0. The molecule has 1 aliphatic carbocycles. The molecule has 3 heterocycles. The number of imidazole rings is 1. The summed E-state index contributed by atoms with van der Waals surface area (Å²) in [7, 11) is 0. The number of carbonyl (C=O) groups excluding carboxylic acids is 1. The molecule has 1 aliphatic rings. The van der Waals surface area contributed by atoms with Crippen molar-refractivity contribution in [1.29, 1.82) is 0 Å². The number of hydrogen-bond acceptors (Lipinski definition) is 6. The van der Waals surface area contributed by atoms with E-state index >= 15 is 0 Å². The number of amides is 1. The number of nitrogens with two attached hydrogens (primary N) is 1. The highest BCUT2D eigenvalue weighted by Crippen LogP contribution is 2.41. The zero-order valence-electron chi connectivity index (χ0n) is 18.0. The van der Waals surface area contributed by atoms with Crippen molar-refractivity contribution < 1.29 is 26.7 Å². The summed E-state index contributed by atoms with van der Waals surface area (Å²) in [5.74, 6) is -3.78. The Bertz CT molecular complexity index is 1150. The van der Waals surface area contributed by atoms with Crippen molar-refractivity contribution in [2.45, 2.75) is 63.3 Å². The SMILES string of the molecule is NCc1cnn2cc([C@@H](NC(=O)c3cnn(CCC(F)(F)F)n3)C3CCC(F)(F)CC3)nc2c1. The van der Waals surface area contributed by atoms with Crippen molar-refractivity contribution in [1.82, 2.24) is 34.9 Å². The van der Waals surface area contributed by atoms with Crippen LogP contribution in [0.2, 0.25) is 0 Å². The lowest BCUT2D eigenvalue weighted by Crippen LogP contribution is -2.37. The third-order valence-electron chi connectivity index (χ3n) is 5.83. The van der Waals surface area contributed by atoms with Gasteiger partial charge in [-0.15, -0.1) is 5.10 Å². The molecule has 1 fully saturated rings. The predicted molar refractivity (Wildman–Crippen MR) is 109 cm³/mol. The minimum Gasteiger partial charge on any atom is -0.342 e. The number of aryl methyl sites for hydroxylation is 1. The fourth-order valence-corrected chi connectivity index (χ4v) is 3.98. The van der Waals surface area contributed by atoms with E-state index in [0.717, 1.165) is 16.6 Å². The smallest absolute Gasteiger partial charge is 0.342 e. The number of nitrogens with zero attached hydrogens (tertiary/aromatic N) is 6. The molecule has 1 atom stereocenters. The van der Waals surface area contributed by atoms with Crippen LogP contribution in [-0.4, -0.2) is 47.6 Å². The molecule has 184 valence electrons. The molecule has 1 saturated carbocycles. The highest BCUT2D eigenvalue weighted by molar-refractivity contribution is 5.92. The number of fused-ring (bicyclic) bond motifs is 1. The maximum atomic E-state index is 13.8. The van der Waals surface area contributed by atoms with Crippen molar-refractivity contribution in [2.24, 2.45) is 11.7 Å². The summed E-state index contributed by atoms with van der Waals surface area (Å²) in [6.07, 6.45) is -1.60. The van der Waals surface area contributed by atoms with E-state index in [-0.39, 0.29) is 43.8 Å². The molecule has 0 aliphatic heterocycles. The molecule has 0 saturated heterocycles. The van der Waals surface area contributed by atoms with Crippen LogP contribution in [0.15, 0.2) is 24.7 Å². The first kappa shape index (κ1) is 24.0. The standard InChI is InChI=1S/C20H23F5N8O/c21-19(22)3-1-13(2-4-19)17(15-11-32-16(29-15)7-12(8-26)9-27-32)30-18(34)14-10-28-33(31-14)6-5-20(23,24)25/h7,9-11,13,17H,1-6,8,26H2,(H,30,34)/t17-/m0/s1. The minimum absolute atomic E-state index is 0.158. The number of alkyl halides is 5. The largest absolute Gasteiger partial charge is 0.390 e. The first-order valence-corrected chi connectivity index (χ1v) is 10.7. The Morgan fingerprint density at radius 2 is 1.97 bits per heavy atom. The molecule has 4 rings (SSSR count). The number of aromatic nitrogens is 6. The molecule has 0 aromatic carbocycles. The summed E-state index contributed by atoms with van der Waals surface area (Å²) in [4.78, 5) is 18.2. The molecule has 3 N–H and O–H groups in total. The number of nitrogens with one attached hydrogen (secondary N) is 1. The Labute approximate surface area is 190 Å². The van der Waals surface area contributed by atoms with Gasteiger partial charge in [0.25, 0.3) is 5.91 Å². The molecule has 1 amide bonds. The van der Waals surface area contributed by atoms with Crippen LogP contribution >= 0.6 is 0 Å². The second-order valence-corrected chi connectivity index (χ2v) is 8.37. The second kappa shape index (κ2) is 9.24. The van der Waals surface area contributed by atoms with Gasteiger partial charge in [-0.05, 0) is 30.4 Å². The molecule has 3 aromatic heterocycles. The van der Waals surface area contributed by atoms with E-state index in [2.05, 4.69) is 25.6 Å². The van der Waals surface area contributed by atoms with Crippen LogP contribution < -0.4 is 11.1 Å². The van der Waals surface area contributed by atoms with Gasteiger partial charge in [-0.25, -0.2) is 18.3 Å². The third-order valence-corrected chi connectivity index (χ3v) is 5.83. The van der Waals surface area contributed by atoms with E-state index in [4.69, 9.17) is 5.73 Å². The maximum Gasteiger partial charge on any atom is 0.390 e. The van der Waals surface area contributed by atoms with Crippen LogP contribution in [0, 0.1) is 5.92 Å². The number of carbonyl (C=O) groups is 1. The van der Waals surface area contributed by atoms with E-state index < -0.39 is 37.0 Å². The lowest BCUT2D eigenvalue weighted by molar-refractivity contribution is -0.137. The van der Waals surface area contributed by atoms with Gasteiger partial charge in [-0.3, -0.25) is 4.79 Å². The molecular weight excluding hydrogens is 463 g/mol. The Morgan fingerprint density at radius 3 is 2.65 bits per heavy atom. The molecular formula is C20H23F5N8O. The zero-order valence-corrected chi connectivity index (χ0v) is 18.0. The Hall–Kier alpha value is -3.16. The van der Waals surface area contributed by atoms with E-state index in [0.29, 0.717) is 11.3 Å². The van der Waals surface area contributed by atoms with E-state index in [1.165, 1.54) is 4.52 Å². The normalized spacial score (nSPS) is 17.7. The highest BCUT2D eigenvalue weighted by atomic mass is 19.4. The van der Waals surface area contributed by atoms with Gasteiger partial charge in [0.15, 0.2) is 11.3 Å². The van der Waals surface area contributed by atoms with Crippen LogP contribution in [0.1, 0.15) is 59.9 Å². The number of halogens is 5. The van der Waals surface area contributed by atoms with Gasteiger partial charge in [0.05, 0.1) is 43.3 Å². The van der Waals surface area contributed by atoms with Gasteiger partial charge in [-0.2, -0.15) is 28.2 Å². The first-order valence-electron chi connectivity index (χ1n) is 10.7. The molecule has 3 aromatic rings. The van der Waals surface area contributed by atoms with Crippen LogP contribution in [-0.2, 0) is 13.1 Å². The minimum atomic E-state index is -4.38. The summed E-state index contributed by atoms with van der Waals surface area (Å²) in [6, 6.07) is 1.00. The Balaban J connectivity index is 1.56. The molecule has 0 spiro atoms. The van der Waals surface area contributed by atoms with Gasteiger partial charge in [0, 0.05) is 19.4 Å². The topological polar surface area (TPSA) is 116 Å². The summed E-state index contributed by atoms with van der Waals surface area (Å²) in [6.45, 7) is -0.271. The average molecular weight is 486 g/mol. The molecule has 14 heteroatoms. The van der Waals surface area contributed by atoms with Crippen LogP contribution in [0.4, 0.5) is 22.0 Å². The van der Waals surface area contributed by atoms with Gasteiger partial charge in [0.2, 0.25) is 5.92 Å². The summed E-state index contributed by atoms with van der Waals surface area (Å²) < 4.78 is 66.3. The van der Waals surface area contributed by atoms with Gasteiger partial charge >= 0.3 is 6.18 Å². The Morgan fingerprint density at radius 1 is 1.24 bits per heavy atom. The van der Waals surface area contributed by atoms with Crippen molar-refractivity contribution >= 4 is 11.6 Å². The lowest BCUT2D eigenvalue weighted by Gasteiger charge is -2.33. The van der Waals surface area contributed by atoms with Gasteiger partial charge in [-0.1, -0.05) is 0 Å². The number of rotatable bonds is 7. The third kappa shape index (κ3) is 5.66. The van der Waals surface area contributed by atoms with Gasteiger partial charge in [0.1, 0.15) is 0 Å². The van der Waals surface area contributed by atoms with Crippen LogP contribution in [0.3, 0.4) is 0 Å². The fraction of sp³-hybridized carbons (Fsp3) is 0.550. The van der Waals surface area contributed by atoms with E-state index in [9.17, 15) is 26.7 Å². The lowest BCUT2D eigenvalue weighted by atomic mass is 9.81. The summed E-state index contributed by atoms with van der Waals surface area (Å²) in [5.41, 5.74) is 7.12. The second-order valence-electron chi connectivity index (χ2n) is 8.37. The van der Waals surface area contributed by atoms with Crippen molar-refractivity contribution in [3.05, 3.63) is 41.6 Å². The van der Waals surface area contributed by atoms with Crippen molar-refractivity contribution in [3.63, 3.8) is 0 Å². The fourth-order valence-electron chi connectivity index (χ4n) is 3.98. The van der Waals surface area contributed by atoms with E-state index in [1.54, 1.807) is 18.5 Å². The molecule has 34 heavy (non-hydrogen) atoms. The van der Waals surface area contributed by atoms with Crippen LogP contribution in [0.5, 0.6) is 0 Å². The monoisotopic (exact) mass is 486 g/mol. The summed E-state index contributed by atoms with van der Waals surface area (Å²) in [5, 5.41) is 14.5. The van der Waals surface area contributed by atoms with Crippen LogP contribution in [0.25, 0.3) is 5.65 Å². The van der Waals surface area contributed by atoms with E-state index in [1.807, 2.05) is 0 Å². The molecule has 0 bridgehead atoms. The average Bonchev–Trinajstić information content (AvgIpc) is 3.42.